The van der Waals surface area contributed by atoms with Gasteiger partial charge in [0.15, 0.2) is 0 Å². The van der Waals surface area contributed by atoms with Crippen molar-refractivity contribution in [1.29, 1.82) is 0 Å². The smallest absolute Gasteiger partial charge is 0.0125 e. The number of hydrogen-bond donors (Lipinski definition) is 1. The second-order valence-corrected chi connectivity index (χ2v) is 6.26. The van der Waals surface area contributed by atoms with E-state index < -0.39 is 0 Å². The number of rotatable bonds is 7. The van der Waals surface area contributed by atoms with E-state index in [1.807, 2.05) is 0 Å². The summed E-state index contributed by atoms with van der Waals surface area (Å²) in [4.78, 5) is 2.69. The fraction of sp³-hybridized carbons (Fsp3) is 1.00. The molecule has 0 aromatic carbocycles. The average molecular weight is 226 g/mol. The van der Waals surface area contributed by atoms with Gasteiger partial charge in [0.2, 0.25) is 0 Å². The molecule has 0 aromatic rings. The van der Waals surface area contributed by atoms with Gasteiger partial charge in [-0.1, -0.05) is 27.7 Å². The molecule has 0 heterocycles. The maximum absolute atomic E-state index is 3.47. The van der Waals surface area contributed by atoms with Gasteiger partial charge in [-0.2, -0.15) is 0 Å². The first-order valence-electron chi connectivity index (χ1n) is 6.90. The van der Waals surface area contributed by atoms with Gasteiger partial charge in [-0.3, -0.25) is 0 Å². The predicted octanol–water partition coefficient (Wildman–Crippen LogP) is 2.89. The van der Waals surface area contributed by atoms with Crippen LogP contribution in [0, 0.1) is 5.41 Å². The number of nitrogens with zero attached hydrogens (tertiary/aromatic N) is 1. The third-order valence-corrected chi connectivity index (χ3v) is 3.67. The van der Waals surface area contributed by atoms with Crippen molar-refractivity contribution in [3.63, 3.8) is 0 Å². The van der Waals surface area contributed by atoms with Crippen LogP contribution in [0.4, 0.5) is 0 Å². The third kappa shape index (κ3) is 4.42. The Morgan fingerprint density at radius 3 is 2.25 bits per heavy atom. The van der Waals surface area contributed by atoms with Crippen molar-refractivity contribution in [2.45, 2.75) is 65.5 Å². The minimum Gasteiger partial charge on any atom is -0.316 e. The van der Waals surface area contributed by atoms with Crippen molar-refractivity contribution in [1.82, 2.24) is 10.2 Å². The Hall–Kier alpha value is -0.0800. The van der Waals surface area contributed by atoms with Gasteiger partial charge in [-0.15, -0.1) is 0 Å². The van der Waals surface area contributed by atoms with Gasteiger partial charge in [0.05, 0.1) is 0 Å². The van der Waals surface area contributed by atoms with Crippen LogP contribution in [0.15, 0.2) is 0 Å². The Kier molecular flexibility index (Phi) is 5.26. The molecule has 1 aliphatic rings. The van der Waals surface area contributed by atoms with Crippen LogP contribution in [0.25, 0.3) is 0 Å². The molecule has 1 atom stereocenters. The molecule has 0 spiro atoms. The van der Waals surface area contributed by atoms with Gasteiger partial charge in [-0.25, -0.2) is 0 Å². The van der Waals surface area contributed by atoms with Crippen LogP contribution in [-0.4, -0.2) is 37.1 Å². The molecule has 96 valence electrons. The molecule has 1 rings (SSSR count). The van der Waals surface area contributed by atoms with Crippen molar-refractivity contribution < 1.29 is 0 Å². The van der Waals surface area contributed by atoms with Crippen molar-refractivity contribution in [2.24, 2.45) is 5.41 Å². The largest absolute Gasteiger partial charge is 0.316 e. The van der Waals surface area contributed by atoms with E-state index in [0.29, 0.717) is 11.5 Å². The van der Waals surface area contributed by atoms with Crippen LogP contribution in [0.3, 0.4) is 0 Å². The normalized spacial score (nSPS) is 19.1. The molecule has 2 heteroatoms. The molecular weight excluding hydrogens is 196 g/mol. The molecule has 1 fully saturated rings. The lowest BCUT2D eigenvalue weighted by molar-refractivity contribution is 0.204. The molecule has 0 aliphatic heterocycles. The van der Waals surface area contributed by atoms with E-state index in [0.717, 1.165) is 6.04 Å². The van der Waals surface area contributed by atoms with Gasteiger partial charge in [0.25, 0.3) is 0 Å². The lowest BCUT2D eigenvalue weighted by atomic mass is 9.85. The zero-order chi connectivity index (χ0) is 12.2. The molecule has 16 heavy (non-hydrogen) atoms. The van der Waals surface area contributed by atoms with E-state index in [-0.39, 0.29) is 0 Å². The van der Waals surface area contributed by atoms with Crippen LogP contribution in [0.1, 0.15) is 53.4 Å². The second-order valence-electron chi connectivity index (χ2n) is 6.26. The monoisotopic (exact) mass is 226 g/mol. The Morgan fingerprint density at radius 1 is 1.25 bits per heavy atom. The fourth-order valence-electron chi connectivity index (χ4n) is 2.51. The molecule has 0 aromatic heterocycles. The first-order chi connectivity index (χ1) is 7.49. The molecule has 0 amide bonds. The van der Waals surface area contributed by atoms with Gasteiger partial charge in [0.1, 0.15) is 0 Å². The summed E-state index contributed by atoms with van der Waals surface area (Å²) >= 11 is 0. The first-order valence-corrected chi connectivity index (χ1v) is 6.90. The van der Waals surface area contributed by atoms with Crippen LogP contribution in [-0.2, 0) is 0 Å². The van der Waals surface area contributed by atoms with E-state index in [1.54, 1.807) is 0 Å². The molecule has 1 N–H and O–H groups in total. The second kappa shape index (κ2) is 6.02. The van der Waals surface area contributed by atoms with Crippen LogP contribution in [0.2, 0.25) is 0 Å². The SMILES string of the molecule is CCCN(CCC(NC)C(C)(C)C)C1CC1. The van der Waals surface area contributed by atoms with Crippen molar-refractivity contribution in [3.8, 4) is 0 Å². The molecule has 2 nitrogen and oxygen atoms in total. The maximum Gasteiger partial charge on any atom is 0.0125 e. The van der Waals surface area contributed by atoms with Crippen molar-refractivity contribution in [3.05, 3.63) is 0 Å². The first kappa shape index (κ1) is 14.0. The summed E-state index contributed by atoms with van der Waals surface area (Å²) in [5.74, 6) is 0. The van der Waals surface area contributed by atoms with Gasteiger partial charge < -0.3 is 10.2 Å². The Labute approximate surface area is 102 Å². The third-order valence-electron chi connectivity index (χ3n) is 3.67. The number of hydrogen-bond acceptors (Lipinski definition) is 2. The Bertz CT molecular complexity index is 191. The number of nitrogens with one attached hydrogen (secondary N) is 1. The molecule has 1 unspecified atom stereocenters. The summed E-state index contributed by atoms with van der Waals surface area (Å²) in [6, 6.07) is 1.54. The van der Waals surface area contributed by atoms with Crippen molar-refractivity contribution >= 4 is 0 Å². The summed E-state index contributed by atoms with van der Waals surface area (Å²) in [5, 5.41) is 3.47. The summed E-state index contributed by atoms with van der Waals surface area (Å²) in [6.07, 6.45) is 5.42. The highest BCUT2D eigenvalue weighted by Crippen LogP contribution is 2.28. The lowest BCUT2D eigenvalue weighted by Gasteiger charge is -2.32. The molecule has 1 saturated carbocycles. The maximum atomic E-state index is 3.47. The highest BCUT2D eigenvalue weighted by Gasteiger charge is 2.30. The van der Waals surface area contributed by atoms with Crippen molar-refractivity contribution in [2.75, 3.05) is 20.1 Å². The quantitative estimate of drug-likeness (QED) is 0.718. The van der Waals surface area contributed by atoms with Crippen LogP contribution < -0.4 is 5.32 Å². The molecule has 0 radical (unpaired) electrons. The fourth-order valence-corrected chi connectivity index (χ4v) is 2.51. The van der Waals surface area contributed by atoms with E-state index in [2.05, 4.69) is 45.0 Å². The van der Waals surface area contributed by atoms with Crippen LogP contribution in [0.5, 0.6) is 0 Å². The molecule has 1 aliphatic carbocycles. The topological polar surface area (TPSA) is 15.3 Å². The standard InChI is InChI=1S/C14H30N2/c1-6-10-16(12-7-8-12)11-9-13(15-5)14(2,3)4/h12-13,15H,6-11H2,1-5H3. The molecular formula is C14H30N2. The zero-order valence-corrected chi connectivity index (χ0v) is 11.8. The minimum absolute atomic E-state index is 0.371. The molecule has 0 bridgehead atoms. The van der Waals surface area contributed by atoms with E-state index in [1.165, 1.54) is 38.8 Å². The lowest BCUT2D eigenvalue weighted by Crippen LogP contribution is -2.41. The van der Waals surface area contributed by atoms with E-state index in [9.17, 15) is 0 Å². The predicted molar refractivity (Wildman–Crippen MR) is 71.8 cm³/mol. The van der Waals surface area contributed by atoms with Gasteiger partial charge in [0, 0.05) is 12.1 Å². The van der Waals surface area contributed by atoms with Crippen LogP contribution >= 0.6 is 0 Å². The highest BCUT2D eigenvalue weighted by atomic mass is 15.2. The Morgan fingerprint density at radius 2 is 1.88 bits per heavy atom. The summed E-state index contributed by atoms with van der Waals surface area (Å²) in [7, 11) is 2.09. The highest BCUT2D eigenvalue weighted by molar-refractivity contribution is 4.86. The van der Waals surface area contributed by atoms with E-state index >= 15 is 0 Å². The average Bonchev–Trinajstić information content (AvgIpc) is 2.98. The summed E-state index contributed by atoms with van der Waals surface area (Å²) in [6.45, 7) is 11.8. The molecule has 0 saturated heterocycles. The van der Waals surface area contributed by atoms with Gasteiger partial charge in [-0.05, 0) is 51.2 Å². The Balaban J connectivity index is 2.34. The minimum atomic E-state index is 0.371. The van der Waals surface area contributed by atoms with Gasteiger partial charge >= 0.3 is 0 Å². The van der Waals surface area contributed by atoms with E-state index in [4.69, 9.17) is 0 Å². The summed E-state index contributed by atoms with van der Waals surface area (Å²) in [5.41, 5.74) is 0.371. The summed E-state index contributed by atoms with van der Waals surface area (Å²) < 4.78 is 0. The zero-order valence-electron chi connectivity index (χ0n) is 11.8.